The molecule has 0 spiro atoms. The maximum absolute atomic E-state index is 11.8. The maximum atomic E-state index is 11.8. The Kier molecular flexibility index (Phi) is 7.76. The minimum absolute atomic E-state index is 0.0402. The molecule has 1 aromatic carbocycles. The van der Waals surface area contributed by atoms with Crippen LogP contribution in [0.1, 0.15) is 43.7 Å². The molecule has 1 saturated carbocycles. The second-order valence-electron chi connectivity index (χ2n) is 6.68. The molecule has 25 heavy (non-hydrogen) atoms. The van der Waals surface area contributed by atoms with Gasteiger partial charge in [0.2, 0.25) is 0 Å². The summed E-state index contributed by atoms with van der Waals surface area (Å²) >= 11 is 0. The van der Waals surface area contributed by atoms with Crippen molar-refractivity contribution in [2.75, 3.05) is 20.2 Å². The Morgan fingerprint density at radius 1 is 1.20 bits per heavy atom. The molecule has 0 saturated heterocycles. The lowest BCUT2D eigenvalue weighted by Gasteiger charge is -2.29. The van der Waals surface area contributed by atoms with Gasteiger partial charge >= 0.3 is 5.97 Å². The van der Waals surface area contributed by atoms with Gasteiger partial charge in [0.1, 0.15) is 0 Å². The fourth-order valence-corrected chi connectivity index (χ4v) is 3.20. The van der Waals surface area contributed by atoms with Gasteiger partial charge in [-0.1, -0.05) is 29.8 Å². The van der Waals surface area contributed by atoms with Gasteiger partial charge in [-0.05, 0) is 51.5 Å². The highest BCUT2D eigenvalue weighted by Crippen LogP contribution is 2.25. The Morgan fingerprint density at radius 3 is 2.48 bits per heavy atom. The van der Waals surface area contributed by atoms with Gasteiger partial charge in [-0.3, -0.25) is 9.79 Å². The van der Waals surface area contributed by atoms with Crippen LogP contribution in [0.15, 0.2) is 29.3 Å². The highest BCUT2D eigenvalue weighted by atomic mass is 16.5. The van der Waals surface area contributed by atoms with E-state index >= 15 is 0 Å². The molecular formula is C20H31N3O2. The Balaban J connectivity index is 1.70. The van der Waals surface area contributed by atoms with Gasteiger partial charge in [0.15, 0.2) is 5.96 Å². The zero-order chi connectivity index (χ0) is 18.1. The fraction of sp³-hybridized carbons (Fsp3) is 0.600. The molecule has 0 atom stereocenters. The van der Waals surface area contributed by atoms with E-state index in [9.17, 15) is 4.79 Å². The van der Waals surface area contributed by atoms with Gasteiger partial charge in [0.25, 0.3) is 0 Å². The number of nitrogens with zero attached hydrogens (tertiary/aromatic N) is 1. The quantitative estimate of drug-likeness (QED) is 0.473. The average Bonchev–Trinajstić information content (AvgIpc) is 2.63. The third-order valence-electron chi connectivity index (χ3n) is 4.74. The molecule has 5 heteroatoms. The molecule has 138 valence electrons. The van der Waals surface area contributed by atoms with E-state index in [2.05, 4.69) is 46.8 Å². The summed E-state index contributed by atoms with van der Waals surface area (Å²) in [5.41, 5.74) is 2.61. The second-order valence-corrected chi connectivity index (χ2v) is 6.68. The van der Waals surface area contributed by atoms with Crippen molar-refractivity contribution in [3.63, 3.8) is 0 Å². The third kappa shape index (κ3) is 6.40. The van der Waals surface area contributed by atoms with Crippen molar-refractivity contribution in [2.45, 2.75) is 52.0 Å². The normalized spacial score (nSPS) is 20.8. The first-order valence-electron chi connectivity index (χ1n) is 9.31. The van der Waals surface area contributed by atoms with Crippen molar-refractivity contribution >= 4 is 11.9 Å². The molecule has 2 N–H and O–H groups in total. The molecule has 1 aliphatic carbocycles. The molecule has 0 heterocycles. The number of esters is 1. The van der Waals surface area contributed by atoms with Crippen molar-refractivity contribution < 1.29 is 9.53 Å². The summed E-state index contributed by atoms with van der Waals surface area (Å²) in [6.45, 7) is 5.28. The van der Waals surface area contributed by atoms with Crippen LogP contribution in [-0.4, -0.2) is 38.2 Å². The molecule has 1 fully saturated rings. The molecule has 1 aromatic rings. The van der Waals surface area contributed by atoms with E-state index in [1.165, 1.54) is 11.1 Å². The molecule has 0 bridgehead atoms. The minimum Gasteiger partial charge on any atom is -0.466 e. The molecule has 5 nitrogen and oxygen atoms in total. The van der Waals surface area contributed by atoms with Crippen molar-refractivity contribution in [3.05, 3.63) is 35.4 Å². The molecule has 2 rings (SSSR count). The summed E-state index contributed by atoms with van der Waals surface area (Å²) in [6, 6.07) is 9.00. The van der Waals surface area contributed by atoms with E-state index < -0.39 is 0 Å². The van der Waals surface area contributed by atoms with Crippen molar-refractivity contribution in [1.82, 2.24) is 10.6 Å². The van der Waals surface area contributed by atoms with Gasteiger partial charge in [0, 0.05) is 19.6 Å². The standard InChI is InChI=1S/C20H31N3O2/c1-4-25-19(24)17-9-11-18(12-10-17)23-20(21-3)22-14-13-16-7-5-15(2)6-8-16/h5-8,17-18H,4,9-14H2,1-3H3,(H2,21,22,23). The zero-order valence-electron chi connectivity index (χ0n) is 15.7. The van der Waals surface area contributed by atoms with Gasteiger partial charge in [-0.25, -0.2) is 0 Å². The minimum atomic E-state index is -0.0402. The van der Waals surface area contributed by atoms with E-state index in [0.29, 0.717) is 12.6 Å². The summed E-state index contributed by atoms with van der Waals surface area (Å²) in [6.07, 6.45) is 4.69. The summed E-state index contributed by atoms with van der Waals surface area (Å²) in [4.78, 5) is 16.1. The first-order valence-corrected chi connectivity index (χ1v) is 9.31. The number of aliphatic imine (C=N–C) groups is 1. The summed E-state index contributed by atoms with van der Waals surface area (Å²) in [7, 11) is 1.80. The van der Waals surface area contributed by atoms with Crippen molar-refractivity contribution in [3.8, 4) is 0 Å². The molecule has 1 aliphatic rings. The van der Waals surface area contributed by atoms with Crippen LogP contribution in [-0.2, 0) is 16.0 Å². The number of benzene rings is 1. The number of hydrogen-bond acceptors (Lipinski definition) is 3. The Morgan fingerprint density at radius 2 is 1.88 bits per heavy atom. The summed E-state index contributed by atoms with van der Waals surface area (Å²) in [5.74, 6) is 0.864. The van der Waals surface area contributed by atoms with E-state index in [4.69, 9.17) is 4.74 Å². The van der Waals surface area contributed by atoms with Gasteiger partial charge in [-0.15, -0.1) is 0 Å². The number of guanidine groups is 1. The predicted octanol–water partition coefficient (Wildman–Crippen LogP) is 2.82. The first-order chi connectivity index (χ1) is 12.1. The van der Waals surface area contributed by atoms with Gasteiger partial charge < -0.3 is 15.4 Å². The van der Waals surface area contributed by atoms with Crippen molar-refractivity contribution in [1.29, 1.82) is 0 Å². The summed E-state index contributed by atoms with van der Waals surface area (Å²) < 4.78 is 5.13. The highest BCUT2D eigenvalue weighted by Gasteiger charge is 2.27. The molecular weight excluding hydrogens is 314 g/mol. The molecule has 0 aromatic heterocycles. The number of nitrogens with one attached hydrogen (secondary N) is 2. The SMILES string of the molecule is CCOC(=O)C1CCC(NC(=NC)NCCc2ccc(C)cc2)CC1. The van der Waals surface area contributed by atoms with E-state index in [-0.39, 0.29) is 11.9 Å². The van der Waals surface area contributed by atoms with Crippen LogP contribution in [0.5, 0.6) is 0 Å². The van der Waals surface area contributed by atoms with Crippen LogP contribution >= 0.6 is 0 Å². The van der Waals surface area contributed by atoms with Gasteiger partial charge in [0.05, 0.1) is 12.5 Å². The Hall–Kier alpha value is -2.04. The van der Waals surface area contributed by atoms with Crippen LogP contribution in [0, 0.1) is 12.8 Å². The van der Waals surface area contributed by atoms with E-state index in [1.54, 1.807) is 7.05 Å². The Labute approximate surface area is 151 Å². The summed E-state index contributed by atoms with van der Waals surface area (Å²) in [5, 5.41) is 6.86. The average molecular weight is 345 g/mol. The number of aryl methyl sites for hydroxylation is 1. The molecule has 0 aliphatic heterocycles. The van der Waals surface area contributed by atoms with E-state index in [1.807, 2.05) is 6.92 Å². The largest absolute Gasteiger partial charge is 0.466 e. The lowest BCUT2D eigenvalue weighted by Crippen LogP contribution is -2.45. The van der Waals surface area contributed by atoms with Crippen LogP contribution in [0.3, 0.4) is 0 Å². The van der Waals surface area contributed by atoms with Gasteiger partial charge in [-0.2, -0.15) is 0 Å². The molecule has 0 amide bonds. The Bertz CT molecular complexity index is 561. The predicted molar refractivity (Wildman–Crippen MR) is 102 cm³/mol. The highest BCUT2D eigenvalue weighted by molar-refractivity contribution is 5.80. The fourth-order valence-electron chi connectivity index (χ4n) is 3.20. The first kappa shape index (κ1) is 19.3. The van der Waals surface area contributed by atoms with Crippen LogP contribution in [0.25, 0.3) is 0 Å². The second kappa shape index (κ2) is 10.1. The zero-order valence-corrected chi connectivity index (χ0v) is 15.7. The lowest BCUT2D eigenvalue weighted by atomic mass is 9.86. The van der Waals surface area contributed by atoms with Crippen molar-refractivity contribution in [2.24, 2.45) is 10.9 Å². The number of hydrogen-bond donors (Lipinski definition) is 2. The maximum Gasteiger partial charge on any atom is 0.308 e. The van der Waals surface area contributed by atoms with E-state index in [0.717, 1.165) is 44.6 Å². The molecule has 0 radical (unpaired) electrons. The number of carbonyl (C=O) groups excluding carboxylic acids is 1. The van der Waals surface area contributed by atoms with Crippen LogP contribution < -0.4 is 10.6 Å². The molecule has 0 unspecified atom stereocenters. The smallest absolute Gasteiger partial charge is 0.308 e. The topological polar surface area (TPSA) is 62.7 Å². The number of rotatable bonds is 6. The monoisotopic (exact) mass is 345 g/mol. The number of ether oxygens (including phenoxy) is 1. The third-order valence-corrected chi connectivity index (χ3v) is 4.74. The van der Waals surface area contributed by atoms with Crippen LogP contribution in [0.2, 0.25) is 0 Å². The van der Waals surface area contributed by atoms with Crippen LogP contribution in [0.4, 0.5) is 0 Å². The lowest BCUT2D eigenvalue weighted by molar-refractivity contribution is -0.149. The number of carbonyl (C=O) groups is 1.